The number of hydrogen-bond acceptors (Lipinski definition) is 2. The molecule has 2 N–H and O–H groups in total. The fourth-order valence-electron chi connectivity index (χ4n) is 4.33. The highest BCUT2D eigenvalue weighted by Crippen LogP contribution is 2.40. The molecule has 1 aromatic rings. The number of carboxylic acid groups (broad SMARTS) is 1. The number of nitrogens with zero attached hydrogens (tertiary/aromatic N) is 1. The van der Waals surface area contributed by atoms with Crippen LogP contribution in [0.1, 0.15) is 78.4 Å². The maximum Gasteiger partial charge on any atom is 0.322 e. The first-order valence-electron chi connectivity index (χ1n) is 10.6. The average molecular weight is 435 g/mol. The maximum atomic E-state index is 12.7. The summed E-state index contributed by atoms with van der Waals surface area (Å²) in [5, 5.41) is 12.8. The van der Waals surface area contributed by atoms with Crippen molar-refractivity contribution in [1.82, 2.24) is 10.2 Å². The van der Waals surface area contributed by atoms with E-state index < -0.39 is 11.5 Å². The van der Waals surface area contributed by atoms with Crippen molar-refractivity contribution in [3.05, 3.63) is 46.1 Å². The fourth-order valence-corrected chi connectivity index (χ4v) is 4.69. The van der Waals surface area contributed by atoms with Crippen LogP contribution in [0.25, 0.3) is 0 Å². The van der Waals surface area contributed by atoms with E-state index in [2.05, 4.69) is 52.9 Å². The number of rotatable bonds is 7. The van der Waals surface area contributed by atoms with Crippen molar-refractivity contribution in [3.63, 3.8) is 0 Å². The van der Waals surface area contributed by atoms with E-state index in [-0.39, 0.29) is 30.3 Å². The van der Waals surface area contributed by atoms with Crippen LogP contribution in [-0.2, 0) is 10.3 Å². The highest BCUT2D eigenvalue weighted by Gasteiger charge is 2.40. The van der Waals surface area contributed by atoms with Gasteiger partial charge in [-0.3, -0.25) is 4.79 Å². The molecule has 1 heterocycles. The molecule has 2 atom stereocenters. The third-order valence-corrected chi connectivity index (χ3v) is 6.03. The zero-order valence-electron chi connectivity index (χ0n) is 19.2. The normalized spacial score (nSPS) is 20.8. The molecule has 2 rings (SSSR count). The minimum absolute atomic E-state index is 0.0990. The zero-order chi connectivity index (χ0) is 22.9. The van der Waals surface area contributed by atoms with Crippen molar-refractivity contribution in [2.45, 2.75) is 72.8 Å². The molecule has 0 saturated heterocycles. The van der Waals surface area contributed by atoms with E-state index in [9.17, 15) is 9.59 Å². The minimum atomic E-state index is -0.928. The van der Waals surface area contributed by atoms with Crippen LogP contribution in [0.5, 0.6) is 0 Å². The molecule has 0 bridgehead atoms. The summed E-state index contributed by atoms with van der Waals surface area (Å²) in [6, 6.07) is 5.77. The highest BCUT2D eigenvalue weighted by molar-refractivity contribution is 6.31. The second-order valence-electron chi connectivity index (χ2n) is 10.0. The third kappa shape index (κ3) is 5.57. The number of urea groups is 1. The van der Waals surface area contributed by atoms with E-state index in [1.807, 2.05) is 19.1 Å². The van der Waals surface area contributed by atoms with Gasteiger partial charge < -0.3 is 15.3 Å². The zero-order valence-corrected chi connectivity index (χ0v) is 19.9. The molecule has 166 valence electrons. The van der Waals surface area contributed by atoms with Crippen LogP contribution < -0.4 is 5.32 Å². The Hall–Kier alpha value is -2.01. The fraction of sp³-hybridized carbons (Fsp3) is 0.583. The topological polar surface area (TPSA) is 69.6 Å². The molecular weight excluding hydrogens is 400 g/mol. The molecule has 0 fully saturated rings. The van der Waals surface area contributed by atoms with E-state index in [1.54, 1.807) is 6.20 Å². The predicted octanol–water partition coefficient (Wildman–Crippen LogP) is 6.13. The molecule has 1 unspecified atom stereocenters. The van der Waals surface area contributed by atoms with E-state index in [4.69, 9.17) is 16.7 Å². The van der Waals surface area contributed by atoms with Gasteiger partial charge in [0.15, 0.2) is 0 Å². The average Bonchev–Trinajstić information content (AvgIpc) is 2.58. The number of hydrogen-bond donors (Lipinski definition) is 2. The molecule has 5 nitrogen and oxygen atoms in total. The number of benzene rings is 1. The monoisotopic (exact) mass is 434 g/mol. The van der Waals surface area contributed by atoms with Gasteiger partial charge in [0.25, 0.3) is 0 Å². The Bertz CT molecular complexity index is 841. The quantitative estimate of drug-likeness (QED) is 0.541. The number of carboxylic acids is 1. The van der Waals surface area contributed by atoms with Crippen molar-refractivity contribution < 1.29 is 14.7 Å². The lowest BCUT2D eigenvalue weighted by atomic mass is 9.77. The van der Waals surface area contributed by atoms with Gasteiger partial charge in [-0.1, -0.05) is 65.3 Å². The van der Waals surface area contributed by atoms with E-state index in [1.165, 1.54) is 4.90 Å². The summed E-state index contributed by atoms with van der Waals surface area (Å²) >= 11 is 6.70. The smallest absolute Gasteiger partial charge is 0.322 e. The molecule has 0 aromatic heterocycles. The Morgan fingerprint density at radius 1 is 1.27 bits per heavy atom. The lowest BCUT2D eigenvalue weighted by Gasteiger charge is -2.42. The first kappa shape index (κ1) is 24.3. The van der Waals surface area contributed by atoms with Crippen molar-refractivity contribution in [2.24, 2.45) is 11.3 Å². The summed E-state index contributed by atoms with van der Waals surface area (Å²) in [6.07, 6.45) is 2.73. The molecule has 1 aliphatic heterocycles. The first-order valence-corrected chi connectivity index (χ1v) is 10.9. The molecule has 0 radical (unpaired) electrons. The van der Waals surface area contributed by atoms with Crippen molar-refractivity contribution in [1.29, 1.82) is 0 Å². The highest BCUT2D eigenvalue weighted by atomic mass is 35.5. The van der Waals surface area contributed by atoms with Gasteiger partial charge in [0, 0.05) is 17.8 Å². The number of nitrogens with one attached hydrogen (secondary N) is 1. The predicted molar refractivity (Wildman–Crippen MR) is 122 cm³/mol. The van der Waals surface area contributed by atoms with Gasteiger partial charge in [-0.2, -0.15) is 0 Å². The van der Waals surface area contributed by atoms with Crippen LogP contribution in [0, 0.1) is 11.3 Å². The van der Waals surface area contributed by atoms with Gasteiger partial charge in [-0.15, -0.1) is 0 Å². The second kappa shape index (κ2) is 9.01. The molecule has 0 saturated carbocycles. The van der Waals surface area contributed by atoms with Gasteiger partial charge in [0.2, 0.25) is 0 Å². The second-order valence-corrected chi connectivity index (χ2v) is 10.4. The SMILES string of the molecule is CC(C)C1=CN(CCC(=O)O)C(=O)N[C@@]1(C)c1ccc(C(C)CC(C)(C)C)c(Cl)c1. The molecule has 0 aliphatic carbocycles. The largest absolute Gasteiger partial charge is 0.481 e. The standard InChI is InChI=1S/C24H35ClN2O3/c1-15(2)19-14-27(11-10-21(28)29)22(30)26-24(19,7)17-8-9-18(20(25)12-17)16(3)13-23(4,5)6/h8-9,12,14-16H,10-11,13H2,1-7H3,(H,26,30)(H,28,29)/t16?,24-/m0/s1. The Balaban J connectivity index is 2.41. The molecular formula is C24H35ClN2O3. The molecule has 30 heavy (non-hydrogen) atoms. The Labute approximate surface area is 185 Å². The Morgan fingerprint density at radius 2 is 1.90 bits per heavy atom. The first-order chi connectivity index (χ1) is 13.7. The summed E-state index contributed by atoms with van der Waals surface area (Å²) in [7, 11) is 0. The van der Waals surface area contributed by atoms with Crippen LogP contribution in [0.15, 0.2) is 30.0 Å². The molecule has 2 amide bonds. The lowest BCUT2D eigenvalue weighted by molar-refractivity contribution is -0.137. The summed E-state index contributed by atoms with van der Waals surface area (Å²) in [4.78, 5) is 25.1. The maximum absolute atomic E-state index is 12.7. The molecule has 6 heteroatoms. The Kier molecular flexibility index (Phi) is 7.28. The van der Waals surface area contributed by atoms with E-state index in [0.717, 1.165) is 23.1 Å². The van der Waals surface area contributed by atoms with Crippen molar-refractivity contribution in [2.75, 3.05) is 6.54 Å². The number of carbonyl (C=O) groups excluding carboxylic acids is 1. The summed E-state index contributed by atoms with van der Waals surface area (Å²) in [5.74, 6) is -0.449. The number of amides is 2. The molecule has 1 aromatic carbocycles. The lowest BCUT2D eigenvalue weighted by Crippen LogP contribution is -2.55. The van der Waals surface area contributed by atoms with Gasteiger partial charge in [0.1, 0.15) is 0 Å². The van der Waals surface area contributed by atoms with Crippen LogP contribution >= 0.6 is 11.6 Å². The third-order valence-electron chi connectivity index (χ3n) is 5.71. The summed E-state index contributed by atoms with van der Waals surface area (Å²) < 4.78 is 0. The van der Waals surface area contributed by atoms with Crippen molar-refractivity contribution >= 4 is 23.6 Å². The van der Waals surface area contributed by atoms with Gasteiger partial charge in [0.05, 0.1) is 12.0 Å². The van der Waals surface area contributed by atoms with Crippen LogP contribution in [-0.4, -0.2) is 28.6 Å². The van der Waals surface area contributed by atoms with Crippen molar-refractivity contribution in [3.8, 4) is 0 Å². The number of aliphatic carboxylic acids is 1. The number of halogens is 1. The molecule has 1 aliphatic rings. The van der Waals surface area contributed by atoms with Gasteiger partial charge in [-0.25, -0.2) is 4.79 Å². The van der Waals surface area contributed by atoms with Crippen LogP contribution in [0.2, 0.25) is 5.02 Å². The minimum Gasteiger partial charge on any atom is -0.481 e. The van der Waals surface area contributed by atoms with Crippen LogP contribution in [0.4, 0.5) is 4.79 Å². The van der Waals surface area contributed by atoms with Gasteiger partial charge in [-0.05, 0) is 53.4 Å². The molecule has 0 spiro atoms. The summed E-state index contributed by atoms with van der Waals surface area (Å²) in [6.45, 7) is 15.1. The Morgan fingerprint density at radius 3 is 2.40 bits per heavy atom. The van der Waals surface area contributed by atoms with E-state index in [0.29, 0.717) is 10.9 Å². The van der Waals surface area contributed by atoms with Crippen LogP contribution in [0.3, 0.4) is 0 Å². The number of carbonyl (C=O) groups is 2. The summed E-state index contributed by atoms with van der Waals surface area (Å²) in [5.41, 5.74) is 2.54. The van der Waals surface area contributed by atoms with Gasteiger partial charge >= 0.3 is 12.0 Å². The van der Waals surface area contributed by atoms with E-state index >= 15 is 0 Å².